The lowest BCUT2D eigenvalue weighted by Crippen LogP contribution is -2.36. The monoisotopic (exact) mass is 390 g/mol. The number of nitrogens with zero attached hydrogens (tertiary/aromatic N) is 2. The maximum atomic E-state index is 11.3. The molecule has 0 saturated heterocycles. The van der Waals surface area contributed by atoms with Crippen LogP contribution in [0.2, 0.25) is 0 Å². The van der Waals surface area contributed by atoms with E-state index in [2.05, 4.69) is 0 Å². The number of nitro groups is 2. The van der Waals surface area contributed by atoms with E-state index in [1.54, 1.807) is 0 Å². The fourth-order valence-corrected chi connectivity index (χ4v) is 1.89. The minimum Gasteiger partial charge on any atom is -0.290 e. The van der Waals surface area contributed by atoms with Crippen LogP contribution in [0.4, 0.5) is 11.4 Å². The maximum absolute atomic E-state index is 11.3. The van der Waals surface area contributed by atoms with Crippen molar-refractivity contribution in [2.75, 3.05) is 0 Å². The van der Waals surface area contributed by atoms with Gasteiger partial charge < -0.3 is 0 Å². The number of nitrogen functional groups attached to an aromatic ring is 1. The van der Waals surface area contributed by atoms with Gasteiger partial charge in [-0.3, -0.25) is 50.9 Å². The summed E-state index contributed by atoms with van der Waals surface area (Å²) in [5.74, 6) is 3.44. The summed E-state index contributed by atoms with van der Waals surface area (Å²) in [6.07, 6.45) is 0.257. The van der Waals surface area contributed by atoms with Crippen LogP contribution in [0.25, 0.3) is 0 Å². The van der Waals surface area contributed by atoms with E-state index in [0.717, 1.165) is 0 Å². The number of nitrogens with one attached hydrogen (secondary N) is 3. The Labute approximate surface area is 156 Å². The highest BCUT2D eigenvalue weighted by Crippen LogP contribution is 2.17. The zero-order valence-corrected chi connectivity index (χ0v) is 14.0. The van der Waals surface area contributed by atoms with Gasteiger partial charge in [-0.15, -0.1) is 0 Å². The first-order valence-corrected chi connectivity index (χ1v) is 7.30. The van der Waals surface area contributed by atoms with Crippen molar-refractivity contribution in [3.63, 3.8) is 0 Å². The molecule has 13 heteroatoms. The number of nitro benzene ring substituents is 2. The Morgan fingerprint density at radius 2 is 1.29 bits per heavy atom. The van der Waals surface area contributed by atoms with Crippen molar-refractivity contribution in [1.29, 1.82) is 0 Å². The lowest BCUT2D eigenvalue weighted by Gasteiger charge is -2.02. The minimum absolute atomic E-state index is 0.0463. The van der Waals surface area contributed by atoms with Crippen molar-refractivity contribution in [3.8, 4) is 0 Å². The quantitative estimate of drug-likeness (QED) is 0.176. The molecule has 0 aliphatic rings. The fourth-order valence-electron chi connectivity index (χ4n) is 1.89. The number of amides is 3. The molecule has 5 N–H and O–H groups in total. The highest BCUT2D eigenvalue weighted by molar-refractivity contribution is 5.98. The number of hydrazine groups is 2. The molecule has 146 valence electrons. The molecule has 0 aromatic heterocycles. The second kappa shape index (κ2) is 10.6. The van der Waals surface area contributed by atoms with E-state index in [0.29, 0.717) is 0 Å². The summed E-state index contributed by atoms with van der Waals surface area (Å²) in [6.45, 7) is 0. The van der Waals surface area contributed by atoms with Crippen LogP contribution < -0.4 is 22.1 Å². The molecule has 13 nitrogen and oxygen atoms in total. The van der Waals surface area contributed by atoms with E-state index < -0.39 is 21.7 Å². The number of benzene rings is 2. The van der Waals surface area contributed by atoms with E-state index in [-0.39, 0.29) is 28.9 Å². The van der Waals surface area contributed by atoms with E-state index in [9.17, 15) is 34.6 Å². The molecule has 0 heterocycles. The van der Waals surface area contributed by atoms with E-state index in [1.165, 1.54) is 48.5 Å². The molecule has 0 spiro atoms. The number of hydrogen-bond acceptors (Lipinski definition) is 8. The molecule has 0 atom stereocenters. The Morgan fingerprint density at radius 3 is 1.68 bits per heavy atom. The summed E-state index contributed by atoms with van der Waals surface area (Å²) in [7, 11) is 0. The standard InChI is InChI=1S/C8H7N3O4.C7H7N3O3/c12-5-9-10-8(13)6-3-1-2-4-7(6)11(14)15;8-9-7(11)5-3-1-2-4-6(5)10(12)13/h1-5H,(H,9,12)(H,10,13);1-4H,8H2,(H,9,11). The number of rotatable bonds is 6. The molecule has 0 fully saturated rings. The van der Waals surface area contributed by atoms with Crippen LogP contribution >= 0.6 is 0 Å². The topological polar surface area (TPSA) is 200 Å². The van der Waals surface area contributed by atoms with Crippen LogP contribution in [0.1, 0.15) is 20.7 Å². The summed E-state index contributed by atoms with van der Waals surface area (Å²) in [6, 6.07) is 11.0. The molecule has 0 aliphatic carbocycles. The summed E-state index contributed by atoms with van der Waals surface area (Å²) in [5, 5.41) is 21.0. The molecule has 28 heavy (non-hydrogen) atoms. The molecule has 0 unspecified atom stereocenters. The molecule has 2 rings (SSSR count). The first-order valence-electron chi connectivity index (χ1n) is 7.30. The minimum atomic E-state index is -0.741. The molecular weight excluding hydrogens is 376 g/mol. The van der Waals surface area contributed by atoms with Crippen LogP contribution in [0.15, 0.2) is 48.5 Å². The van der Waals surface area contributed by atoms with Crippen molar-refractivity contribution in [1.82, 2.24) is 16.3 Å². The van der Waals surface area contributed by atoms with Crippen molar-refractivity contribution >= 4 is 29.6 Å². The maximum Gasteiger partial charge on any atom is 0.282 e. The van der Waals surface area contributed by atoms with Gasteiger partial charge in [0.25, 0.3) is 23.2 Å². The first-order chi connectivity index (χ1) is 13.3. The van der Waals surface area contributed by atoms with Gasteiger partial charge in [-0.2, -0.15) is 0 Å². The summed E-state index contributed by atoms with van der Waals surface area (Å²) >= 11 is 0. The third-order valence-corrected chi connectivity index (χ3v) is 3.07. The van der Waals surface area contributed by atoms with Crippen molar-refractivity contribution in [3.05, 3.63) is 79.9 Å². The fraction of sp³-hybridized carbons (Fsp3) is 0. The predicted molar refractivity (Wildman–Crippen MR) is 94.5 cm³/mol. The van der Waals surface area contributed by atoms with Crippen molar-refractivity contribution in [2.24, 2.45) is 5.84 Å². The Morgan fingerprint density at radius 1 is 0.857 bits per heavy atom. The van der Waals surface area contributed by atoms with Gasteiger partial charge in [0.15, 0.2) is 0 Å². The molecule has 2 aromatic carbocycles. The van der Waals surface area contributed by atoms with Crippen LogP contribution in [-0.4, -0.2) is 28.1 Å². The van der Waals surface area contributed by atoms with Crippen LogP contribution in [0, 0.1) is 20.2 Å². The van der Waals surface area contributed by atoms with Crippen molar-refractivity contribution < 1.29 is 24.2 Å². The molecule has 0 aliphatic heterocycles. The SMILES string of the molecule is NNC(=O)c1ccccc1[N+](=O)[O-].O=CNNC(=O)c1ccccc1[N+](=O)[O-]. The van der Waals surface area contributed by atoms with Gasteiger partial charge >= 0.3 is 0 Å². The summed E-state index contributed by atoms with van der Waals surface area (Å²) in [5.41, 5.74) is 4.99. The highest BCUT2D eigenvalue weighted by Gasteiger charge is 2.19. The Bertz CT molecular complexity index is 902. The Hall–Kier alpha value is -4.39. The molecule has 0 bridgehead atoms. The summed E-state index contributed by atoms with van der Waals surface area (Å²) in [4.78, 5) is 51.8. The van der Waals surface area contributed by atoms with Gasteiger partial charge in [-0.1, -0.05) is 24.3 Å². The van der Waals surface area contributed by atoms with Crippen LogP contribution in [-0.2, 0) is 4.79 Å². The molecule has 2 aromatic rings. The zero-order chi connectivity index (χ0) is 21.1. The zero-order valence-electron chi connectivity index (χ0n) is 14.0. The molecule has 3 amide bonds. The van der Waals surface area contributed by atoms with Crippen molar-refractivity contribution in [2.45, 2.75) is 0 Å². The summed E-state index contributed by atoms with van der Waals surface area (Å²) < 4.78 is 0. The highest BCUT2D eigenvalue weighted by atomic mass is 16.6. The number of hydrogen-bond donors (Lipinski definition) is 4. The average molecular weight is 390 g/mol. The first kappa shape index (κ1) is 21.7. The lowest BCUT2D eigenvalue weighted by molar-refractivity contribution is -0.385. The number of carbonyl (C=O) groups is 3. The van der Waals surface area contributed by atoms with Gasteiger partial charge in [-0.05, 0) is 12.1 Å². The predicted octanol–water partition coefficient (Wildman–Crippen LogP) is 0.184. The van der Waals surface area contributed by atoms with E-state index in [1.807, 2.05) is 16.3 Å². The second-order valence-electron chi connectivity index (χ2n) is 4.74. The van der Waals surface area contributed by atoms with Gasteiger partial charge in [0.2, 0.25) is 6.41 Å². The molecular formula is C15H14N6O7. The smallest absolute Gasteiger partial charge is 0.282 e. The second-order valence-corrected chi connectivity index (χ2v) is 4.74. The molecule has 0 saturated carbocycles. The van der Waals surface area contributed by atoms with Gasteiger partial charge in [-0.25, -0.2) is 5.84 Å². The largest absolute Gasteiger partial charge is 0.290 e. The lowest BCUT2D eigenvalue weighted by atomic mass is 10.2. The normalized spacial score (nSPS) is 9.18. The number of para-hydroxylation sites is 2. The Balaban J connectivity index is 0.000000283. The molecule has 0 radical (unpaired) electrons. The average Bonchev–Trinajstić information content (AvgIpc) is 2.71. The van der Waals surface area contributed by atoms with Gasteiger partial charge in [0.1, 0.15) is 11.1 Å². The number of nitrogens with two attached hydrogens (primary N) is 1. The Kier molecular flexibility index (Phi) is 8.17. The third-order valence-electron chi connectivity index (χ3n) is 3.07. The number of carbonyl (C=O) groups excluding carboxylic acids is 3. The van der Waals surface area contributed by atoms with E-state index in [4.69, 9.17) is 5.84 Å². The van der Waals surface area contributed by atoms with Gasteiger partial charge in [0.05, 0.1) is 9.85 Å². The van der Waals surface area contributed by atoms with Crippen LogP contribution in [0.5, 0.6) is 0 Å². The van der Waals surface area contributed by atoms with Gasteiger partial charge in [0, 0.05) is 12.1 Å². The van der Waals surface area contributed by atoms with Crippen LogP contribution in [0.3, 0.4) is 0 Å². The third kappa shape index (κ3) is 5.85. The van der Waals surface area contributed by atoms with E-state index >= 15 is 0 Å².